The van der Waals surface area contributed by atoms with Crippen LogP contribution in [0.5, 0.6) is 0 Å². The Hall–Kier alpha value is -0.800. The van der Waals surface area contributed by atoms with Crippen molar-refractivity contribution in [2.45, 2.75) is 23.1 Å². The first-order valence-corrected chi connectivity index (χ1v) is 6.10. The van der Waals surface area contributed by atoms with Gasteiger partial charge in [0.25, 0.3) is 0 Å². The van der Waals surface area contributed by atoms with Crippen LogP contribution >= 0.6 is 23.1 Å². The van der Waals surface area contributed by atoms with Gasteiger partial charge >= 0.3 is 0 Å². The van der Waals surface area contributed by atoms with E-state index in [0.29, 0.717) is 0 Å². The van der Waals surface area contributed by atoms with Crippen LogP contribution in [0.3, 0.4) is 0 Å². The Bertz CT molecular complexity index is 417. The molecule has 3 heteroatoms. The van der Waals surface area contributed by atoms with Gasteiger partial charge in [0.15, 0.2) is 4.34 Å². The standard InChI is InChI=1S/C11H11NS2/c1-8-3-5-10(6-4-8)14-11-12-9(2)7-13-11/h3-7H,1-2H3. The summed E-state index contributed by atoms with van der Waals surface area (Å²) >= 11 is 3.42. The first kappa shape index (κ1) is 9.74. The van der Waals surface area contributed by atoms with Gasteiger partial charge in [-0.2, -0.15) is 0 Å². The maximum atomic E-state index is 4.41. The summed E-state index contributed by atoms with van der Waals surface area (Å²) in [4.78, 5) is 5.66. The second-order valence-corrected chi connectivity index (χ2v) is 5.35. The summed E-state index contributed by atoms with van der Waals surface area (Å²) in [6, 6.07) is 8.53. The van der Waals surface area contributed by atoms with E-state index in [4.69, 9.17) is 0 Å². The van der Waals surface area contributed by atoms with Gasteiger partial charge in [0.2, 0.25) is 0 Å². The van der Waals surface area contributed by atoms with Crippen molar-refractivity contribution < 1.29 is 0 Å². The second-order valence-electron chi connectivity index (χ2n) is 3.17. The largest absolute Gasteiger partial charge is 0.235 e. The van der Waals surface area contributed by atoms with Crippen LogP contribution < -0.4 is 0 Å². The lowest BCUT2D eigenvalue weighted by Crippen LogP contribution is -1.74. The fourth-order valence-electron chi connectivity index (χ4n) is 1.09. The van der Waals surface area contributed by atoms with Crippen molar-refractivity contribution in [2.75, 3.05) is 0 Å². The molecule has 0 unspecified atom stereocenters. The highest BCUT2D eigenvalue weighted by Gasteiger charge is 2.00. The van der Waals surface area contributed by atoms with Gasteiger partial charge in [-0.05, 0) is 26.0 Å². The van der Waals surface area contributed by atoms with E-state index in [9.17, 15) is 0 Å². The lowest BCUT2D eigenvalue weighted by atomic mass is 10.2. The minimum Gasteiger partial charge on any atom is -0.235 e. The molecule has 14 heavy (non-hydrogen) atoms. The molecule has 1 aromatic heterocycles. The van der Waals surface area contributed by atoms with Crippen molar-refractivity contribution in [2.24, 2.45) is 0 Å². The van der Waals surface area contributed by atoms with Crippen LogP contribution in [0, 0.1) is 13.8 Å². The van der Waals surface area contributed by atoms with E-state index in [1.165, 1.54) is 10.5 Å². The van der Waals surface area contributed by atoms with Crippen LogP contribution in [0.25, 0.3) is 0 Å². The molecule has 0 aliphatic heterocycles. The molecule has 1 aromatic carbocycles. The third-order valence-electron chi connectivity index (χ3n) is 1.82. The zero-order valence-corrected chi connectivity index (χ0v) is 9.78. The van der Waals surface area contributed by atoms with E-state index in [-0.39, 0.29) is 0 Å². The van der Waals surface area contributed by atoms with E-state index in [1.807, 2.05) is 6.92 Å². The predicted molar refractivity (Wildman–Crippen MR) is 62.2 cm³/mol. The van der Waals surface area contributed by atoms with Gasteiger partial charge in [0.05, 0.1) is 0 Å². The van der Waals surface area contributed by atoms with Gasteiger partial charge < -0.3 is 0 Å². The van der Waals surface area contributed by atoms with E-state index in [1.54, 1.807) is 23.1 Å². The highest BCUT2D eigenvalue weighted by molar-refractivity contribution is 8.01. The zero-order valence-electron chi connectivity index (χ0n) is 8.15. The molecule has 1 heterocycles. The number of nitrogens with zero attached hydrogens (tertiary/aromatic N) is 1. The van der Waals surface area contributed by atoms with Crippen molar-refractivity contribution in [3.05, 3.63) is 40.9 Å². The maximum Gasteiger partial charge on any atom is 0.154 e. The van der Waals surface area contributed by atoms with Gasteiger partial charge in [-0.15, -0.1) is 11.3 Å². The number of thiazole rings is 1. The van der Waals surface area contributed by atoms with Gasteiger partial charge in [-0.25, -0.2) is 4.98 Å². The van der Waals surface area contributed by atoms with Crippen LogP contribution in [-0.4, -0.2) is 4.98 Å². The van der Waals surface area contributed by atoms with Crippen molar-refractivity contribution in [3.63, 3.8) is 0 Å². The fraction of sp³-hybridized carbons (Fsp3) is 0.182. The Kier molecular flexibility index (Phi) is 2.89. The minimum atomic E-state index is 1.10. The molecule has 2 rings (SSSR count). The second kappa shape index (κ2) is 4.15. The van der Waals surface area contributed by atoms with Gasteiger partial charge in [-0.1, -0.05) is 29.5 Å². The minimum absolute atomic E-state index is 1.10. The Labute approximate surface area is 92.2 Å². The molecule has 1 nitrogen and oxygen atoms in total. The van der Waals surface area contributed by atoms with Crippen molar-refractivity contribution in [1.82, 2.24) is 4.98 Å². The quantitative estimate of drug-likeness (QED) is 0.762. The van der Waals surface area contributed by atoms with E-state index in [2.05, 4.69) is 41.6 Å². The van der Waals surface area contributed by atoms with E-state index < -0.39 is 0 Å². The maximum absolute atomic E-state index is 4.41. The molecule has 0 aliphatic rings. The van der Waals surface area contributed by atoms with Crippen molar-refractivity contribution in [1.29, 1.82) is 0 Å². The smallest absolute Gasteiger partial charge is 0.154 e. The van der Waals surface area contributed by atoms with E-state index in [0.717, 1.165) is 10.0 Å². The number of hydrogen-bond donors (Lipinski definition) is 0. The summed E-state index contributed by atoms with van der Waals surface area (Å²) in [6.45, 7) is 4.12. The van der Waals surface area contributed by atoms with Crippen LogP contribution in [-0.2, 0) is 0 Å². The molecule has 0 atom stereocenters. The molecule has 0 amide bonds. The zero-order chi connectivity index (χ0) is 9.97. The van der Waals surface area contributed by atoms with Crippen LogP contribution in [0.1, 0.15) is 11.3 Å². The molecule has 0 saturated heterocycles. The van der Waals surface area contributed by atoms with Crippen molar-refractivity contribution in [3.8, 4) is 0 Å². The first-order chi connectivity index (χ1) is 6.74. The Morgan fingerprint density at radius 1 is 1.14 bits per heavy atom. The Balaban J connectivity index is 2.15. The summed E-state index contributed by atoms with van der Waals surface area (Å²) in [6.07, 6.45) is 0. The van der Waals surface area contributed by atoms with E-state index >= 15 is 0 Å². The van der Waals surface area contributed by atoms with Crippen LogP contribution in [0.15, 0.2) is 38.9 Å². The number of benzene rings is 1. The topological polar surface area (TPSA) is 12.9 Å². The lowest BCUT2D eigenvalue weighted by molar-refractivity contribution is 1.16. The number of aryl methyl sites for hydroxylation is 2. The molecule has 0 bridgehead atoms. The molecule has 0 N–H and O–H groups in total. The predicted octanol–water partition coefficient (Wildman–Crippen LogP) is 3.91. The summed E-state index contributed by atoms with van der Waals surface area (Å²) in [5.41, 5.74) is 2.40. The Morgan fingerprint density at radius 3 is 2.43 bits per heavy atom. The molecular weight excluding hydrogens is 210 g/mol. The average molecular weight is 221 g/mol. The Morgan fingerprint density at radius 2 is 1.86 bits per heavy atom. The third kappa shape index (κ3) is 2.36. The van der Waals surface area contributed by atoms with Crippen molar-refractivity contribution >= 4 is 23.1 Å². The molecule has 0 fully saturated rings. The monoisotopic (exact) mass is 221 g/mol. The number of rotatable bonds is 2. The highest BCUT2D eigenvalue weighted by Crippen LogP contribution is 2.29. The molecule has 0 aliphatic carbocycles. The summed E-state index contributed by atoms with van der Waals surface area (Å²) in [7, 11) is 0. The molecule has 0 saturated carbocycles. The molecule has 72 valence electrons. The lowest BCUT2D eigenvalue weighted by Gasteiger charge is -1.97. The van der Waals surface area contributed by atoms with Crippen LogP contribution in [0.4, 0.5) is 0 Å². The molecule has 0 spiro atoms. The van der Waals surface area contributed by atoms with Gasteiger partial charge in [0, 0.05) is 16.0 Å². The number of hydrogen-bond acceptors (Lipinski definition) is 3. The third-order valence-corrected chi connectivity index (χ3v) is 3.89. The molecular formula is C11H11NS2. The summed E-state index contributed by atoms with van der Waals surface area (Å²) in [5.74, 6) is 0. The first-order valence-electron chi connectivity index (χ1n) is 4.41. The molecule has 0 radical (unpaired) electrons. The van der Waals surface area contributed by atoms with Gasteiger partial charge in [-0.3, -0.25) is 0 Å². The molecule has 2 aromatic rings. The fourth-order valence-corrected chi connectivity index (χ4v) is 2.90. The average Bonchev–Trinajstić information content (AvgIpc) is 2.56. The summed E-state index contributed by atoms with van der Waals surface area (Å²) in [5, 5.41) is 2.08. The number of aromatic nitrogens is 1. The summed E-state index contributed by atoms with van der Waals surface area (Å²) < 4.78 is 1.12. The van der Waals surface area contributed by atoms with Crippen LogP contribution in [0.2, 0.25) is 0 Å². The van der Waals surface area contributed by atoms with Gasteiger partial charge in [0.1, 0.15) is 0 Å². The SMILES string of the molecule is Cc1ccc(Sc2nc(C)cs2)cc1. The highest BCUT2D eigenvalue weighted by atomic mass is 32.2. The normalized spacial score (nSPS) is 10.4.